The van der Waals surface area contributed by atoms with E-state index in [1.165, 1.54) is 11.8 Å². The fourth-order valence-electron chi connectivity index (χ4n) is 0.800. The van der Waals surface area contributed by atoms with Crippen molar-refractivity contribution in [1.29, 1.82) is 0 Å². The summed E-state index contributed by atoms with van der Waals surface area (Å²) in [5.74, 6) is 0.653. The number of thioether (sulfide) groups is 1. The van der Waals surface area contributed by atoms with Crippen LogP contribution in [0.2, 0.25) is 0 Å². The second-order valence-corrected chi connectivity index (χ2v) is 3.53. The minimum atomic E-state index is 0.653. The van der Waals surface area contributed by atoms with Gasteiger partial charge in [-0.25, -0.2) is 9.97 Å². The molecule has 1 aromatic rings. The molecule has 0 radical (unpaired) electrons. The van der Waals surface area contributed by atoms with Gasteiger partial charge in [-0.15, -0.1) is 11.6 Å². The molecule has 0 bridgehead atoms. The van der Waals surface area contributed by atoms with E-state index < -0.39 is 0 Å². The molecule has 1 aromatic heterocycles. The molecule has 0 aliphatic rings. The van der Waals surface area contributed by atoms with Crippen molar-refractivity contribution in [3.05, 3.63) is 24.0 Å². The molecular weight excluding hydrogens is 204 g/mol. The molecule has 1 rings (SSSR count). The zero-order valence-electron chi connectivity index (χ0n) is 7.40. The summed E-state index contributed by atoms with van der Waals surface area (Å²) >= 11 is 7.07. The fraction of sp³-hybridized carbons (Fsp3) is 0.333. The first-order chi connectivity index (χ1) is 6.36. The van der Waals surface area contributed by atoms with Crippen molar-refractivity contribution in [2.45, 2.75) is 11.6 Å². The summed E-state index contributed by atoms with van der Waals surface area (Å²) in [5, 5.41) is 0.800. The lowest BCUT2D eigenvalue weighted by Gasteiger charge is -1.94. The Kier molecular flexibility index (Phi) is 4.86. The first-order valence-electron chi connectivity index (χ1n) is 3.95. The Morgan fingerprint density at radius 3 is 2.69 bits per heavy atom. The van der Waals surface area contributed by atoms with E-state index in [4.69, 9.17) is 11.6 Å². The largest absolute Gasteiger partial charge is 0.231 e. The van der Waals surface area contributed by atoms with Gasteiger partial charge >= 0.3 is 0 Å². The van der Waals surface area contributed by atoms with Crippen LogP contribution in [0.15, 0.2) is 23.6 Å². The third kappa shape index (κ3) is 3.79. The van der Waals surface area contributed by atoms with E-state index in [2.05, 4.69) is 9.97 Å². The zero-order chi connectivity index (χ0) is 9.52. The van der Waals surface area contributed by atoms with Crippen LogP contribution in [0.3, 0.4) is 0 Å². The molecule has 4 heteroatoms. The van der Waals surface area contributed by atoms with Gasteiger partial charge < -0.3 is 0 Å². The molecule has 0 saturated heterocycles. The van der Waals surface area contributed by atoms with Crippen LogP contribution in [0.25, 0.3) is 6.08 Å². The maximum atomic E-state index is 5.53. The van der Waals surface area contributed by atoms with E-state index in [1.807, 2.05) is 30.8 Å². The third-order valence-electron chi connectivity index (χ3n) is 1.42. The van der Waals surface area contributed by atoms with Gasteiger partial charge in [-0.3, -0.25) is 0 Å². The Labute approximate surface area is 87.4 Å². The Morgan fingerprint density at radius 1 is 1.46 bits per heavy atom. The number of alkyl halides is 1. The van der Waals surface area contributed by atoms with Crippen molar-refractivity contribution in [1.82, 2.24) is 9.97 Å². The molecule has 0 amide bonds. The van der Waals surface area contributed by atoms with Gasteiger partial charge in [0.1, 0.15) is 0 Å². The molecular formula is C9H11ClN2S. The summed E-state index contributed by atoms with van der Waals surface area (Å²) < 4.78 is 0. The fourth-order valence-corrected chi connectivity index (χ4v) is 1.24. The van der Waals surface area contributed by atoms with Crippen LogP contribution in [0.4, 0.5) is 0 Å². The van der Waals surface area contributed by atoms with Crippen molar-refractivity contribution in [2.24, 2.45) is 0 Å². The molecule has 0 aliphatic carbocycles. The second kappa shape index (κ2) is 6.00. The molecule has 2 nitrogen and oxygen atoms in total. The van der Waals surface area contributed by atoms with Crippen LogP contribution in [0.1, 0.15) is 12.0 Å². The molecule has 1 heterocycles. The maximum absolute atomic E-state index is 5.53. The average Bonchev–Trinajstić information content (AvgIpc) is 2.19. The van der Waals surface area contributed by atoms with Crippen LogP contribution in [0.5, 0.6) is 0 Å². The highest BCUT2D eigenvalue weighted by atomic mass is 35.5. The Balaban J connectivity index is 2.58. The molecule has 0 aliphatic heterocycles. The van der Waals surface area contributed by atoms with E-state index >= 15 is 0 Å². The number of aromatic nitrogens is 2. The van der Waals surface area contributed by atoms with Crippen LogP contribution in [-0.2, 0) is 0 Å². The predicted molar refractivity (Wildman–Crippen MR) is 58.2 cm³/mol. The summed E-state index contributed by atoms with van der Waals surface area (Å²) in [6, 6.07) is 0. The monoisotopic (exact) mass is 214 g/mol. The highest BCUT2D eigenvalue weighted by molar-refractivity contribution is 7.98. The van der Waals surface area contributed by atoms with Crippen molar-refractivity contribution < 1.29 is 0 Å². The second-order valence-electron chi connectivity index (χ2n) is 2.38. The van der Waals surface area contributed by atoms with E-state index in [0.717, 1.165) is 17.1 Å². The molecule has 0 atom stereocenters. The van der Waals surface area contributed by atoms with Crippen LogP contribution < -0.4 is 0 Å². The van der Waals surface area contributed by atoms with Crippen LogP contribution in [0, 0.1) is 0 Å². The standard InChI is InChI=1S/C9H11ClN2S/c1-13-9-11-6-8(7-12-9)4-2-3-5-10/h2,4,6-7H,3,5H2,1H3. The van der Waals surface area contributed by atoms with Gasteiger partial charge in [0.05, 0.1) is 0 Å². The first kappa shape index (κ1) is 10.5. The minimum Gasteiger partial charge on any atom is -0.231 e. The molecule has 0 N–H and O–H groups in total. The summed E-state index contributed by atoms with van der Waals surface area (Å²) in [7, 11) is 0. The van der Waals surface area contributed by atoms with Gasteiger partial charge in [-0.05, 0) is 12.7 Å². The molecule has 13 heavy (non-hydrogen) atoms. The SMILES string of the molecule is CSc1ncc(C=CCCCl)cn1. The number of allylic oxidation sites excluding steroid dienone is 1. The smallest absolute Gasteiger partial charge is 0.187 e. The van der Waals surface area contributed by atoms with Gasteiger partial charge in [0.15, 0.2) is 5.16 Å². The summed E-state index contributed by atoms with van der Waals surface area (Å²) in [6.45, 7) is 0. The van der Waals surface area contributed by atoms with Gasteiger partial charge in [0, 0.05) is 23.8 Å². The Morgan fingerprint density at radius 2 is 2.15 bits per heavy atom. The predicted octanol–water partition coefficient (Wildman–Crippen LogP) is 2.84. The van der Waals surface area contributed by atoms with Crippen LogP contribution in [-0.4, -0.2) is 22.1 Å². The number of nitrogens with zero attached hydrogens (tertiary/aromatic N) is 2. The average molecular weight is 215 g/mol. The minimum absolute atomic E-state index is 0.653. The lowest BCUT2D eigenvalue weighted by Crippen LogP contribution is -1.85. The number of rotatable bonds is 4. The molecule has 0 fully saturated rings. The molecule has 0 unspecified atom stereocenters. The van der Waals surface area contributed by atoms with Crippen LogP contribution >= 0.6 is 23.4 Å². The van der Waals surface area contributed by atoms with Crippen molar-refractivity contribution in [2.75, 3.05) is 12.1 Å². The number of hydrogen-bond donors (Lipinski definition) is 0. The lowest BCUT2D eigenvalue weighted by atomic mass is 10.3. The Hall–Kier alpha value is -0.540. The highest BCUT2D eigenvalue weighted by Crippen LogP contribution is 2.08. The lowest BCUT2D eigenvalue weighted by molar-refractivity contribution is 0.965. The molecule has 0 aromatic carbocycles. The highest BCUT2D eigenvalue weighted by Gasteiger charge is 1.91. The van der Waals surface area contributed by atoms with E-state index in [0.29, 0.717) is 5.88 Å². The quantitative estimate of drug-likeness (QED) is 0.438. The summed E-state index contributed by atoms with van der Waals surface area (Å²) in [6.07, 6.45) is 10.5. The van der Waals surface area contributed by atoms with Crippen molar-refractivity contribution in [3.8, 4) is 0 Å². The van der Waals surface area contributed by atoms with E-state index in [-0.39, 0.29) is 0 Å². The summed E-state index contributed by atoms with van der Waals surface area (Å²) in [5.41, 5.74) is 1.02. The molecule has 0 spiro atoms. The number of halogens is 1. The van der Waals surface area contributed by atoms with Crippen molar-refractivity contribution >= 4 is 29.4 Å². The zero-order valence-corrected chi connectivity index (χ0v) is 8.98. The third-order valence-corrected chi connectivity index (χ3v) is 2.21. The van der Waals surface area contributed by atoms with Crippen molar-refractivity contribution in [3.63, 3.8) is 0 Å². The Bertz CT molecular complexity index is 271. The van der Waals surface area contributed by atoms with Gasteiger partial charge in [-0.2, -0.15) is 0 Å². The maximum Gasteiger partial charge on any atom is 0.187 e. The van der Waals surface area contributed by atoms with E-state index in [1.54, 1.807) is 0 Å². The van der Waals surface area contributed by atoms with Gasteiger partial charge in [0.25, 0.3) is 0 Å². The summed E-state index contributed by atoms with van der Waals surface area (Å²) in [4.78, 5) is 8.29. The van der Waals surface area contributed by atoms with E-state index in [9.17, 15) is 0 Å². The molecule has 70 valence electrons. The topological polar surface area (TPSA) is 25.8 Å². The van der Waals surface area contributed by atoms with Gasteiger partial charge in [0.2, 0.25) is 0 Å². The number of hydrogen-bond acceptors (Lipinski definition) is 3. The first-order valence-corrected chi connectivity index (χ1v) is 5.71. The normalized spacial score (nSPS) is 10.9. The molecule has 0 saturated carbocycles. The van der Waals surface area contributed by atoms with Gasteiger partial charge in [-0.1, -0.05) is 23.9 Å².